The molecule has 2 rings (SSSR count). The Kier molecular flexibility index (Phi) is 9.18. The van der Waals surface area contributed by atoms with E-state index < -0.39 is 10.1 Å². The molecule has 0 saturated carbocycles. The SMILES string of the molecule is Cc1cc(NCCc2ccc(S(=O)(=O)O)cc2)nc(NCCO)c1C#N.[Na]. The van der Waals surface area contributed by atoms with Crippen molar-refractivity contribution in [2.45, 2.75) is 18.2 Å². The largest absolute Gasteiger partial charge is 0.395 e. The number of rotatable bonds is 8. The van der Waals surface area contributed by atoms with Crippen LogP contribution in [-0.4, -0.2) is 72.3 Å². The van der Waals surface area contributed by atoms with Crippen molar-refractivity contribution in [2.75, 3.05) is 30.3 Å². The normalized spacial score (nSPS) is 10.6. The minimum atomic E-state index is -4.18. The Bertz CT molecular complexity index is 912. The molecule has 1 heterocycles. The van der Waals surface area contributed by atoms with Crippen LogP contribution < -0.4 is 10.6 Å². The summed E-state index contributed by atoms with van der Waals surface area (Å²) in [6.07, 6.45) is 0.617. The first kappa shape index (κ1) is 23.4. The minimum Gasteiger partial charge on any atom is -0.395 e. The van der Waals surface area contributed by atoms with Gasteiger partial charge < -0.3 is 15.7 Å². The number of hydrogen-bond acceptors (Lipinski definition) is 7. The molecule has 8 nitrogen and oxygen atoms in total. The van der Waals surface area contributed by atoms with Crippen molar-refractivity contribution in [3.8, 4) is 6.07 Å². The predicted octanol–water partition coefficient (Wildman–Crippen LogP) is 1.19. The monoisotopic (exact) mass is 399 g/mol. The number of nitrogens with zero attached hydrogens (tertiary/aromatic N) is 2. The average molecular weight is 399 g/mol. The van der Waals surface area contributed by atoms with Gasteiger partial charge in [-0.15, -0.1) is 0 Å². The Morgan fingerprint density at radius 1 is 1.19 bits per heavy atom. The maximum atomic E-state index is 11.0. The van der Waals surface area contributed by atoms with E-state index >= 15 is 0 Å². The third-order valence-electron chi connectivity index (χ3n) is 3.67. The molecule has 4 N–H and O–H groups in total. The Hall–Kier alpha value is -1.67. The molecule has 139 valence electrons. The number of aromatic nitrogens is 1. The molecule has 0 spiro atoms. The molecule has 1 radical (unpaired) electrons. The van der Waals surface area contributed by atoms with Crippen LogP contribution in [0.5, 0.6) is 0 Å². The summed E-state index contributed by atoms with van der Waals surface area (Å²) in [5.41, 5.74) is 2.10. The minimum absolute atomic E-state index is 0. The number of anilines is 2. The first-order valence-electron chi connectivity index (χ1n) is 7.92. The summed E-state index contributed by atoms with van der Waals surface area (Å²) in [6.45, 7) is 2.58. The van der Waals surface area contributed by atoms with Gasteiger partial charge >= 0.3 is 0 Å². The molecule has 0 aliphatic carbocycles. The zero-order chi connectivity index (χ0) is 19.2. The van der Waals surface area contributed by atoms with Gasteiger partial charge in [0.2, 0.25) is 0 Å². The number of nitrogens with one attached hydrogen (secondary N) is 2. The topological polar surface area (TPSA) is 135 Å². The van der Waals surface area contributed by atoms with Crippen LogP contribution in [0.1, 0.15) is 16.7 Å². The Labute approximate surface area is 180 Å². The van der Waals surface area contributed by atoms with Crippen LogP contribution in [0, 0.1) is 18.3 Å². The molecule has 0 saturated heterocycles. The van der Waals surface area contributed by atoms with Crippen LogP contribution in [0.15, 0.2) is 35.2 Å². The molecule has 27 heavy (non-hydrogen) atoms. The Balaban J connectivity index is 0.00000364. The Morgan fingerprint density at radius 3 is 2.41 bits per heavy atom. The maximum absolute atomic E-state index is 11.0. The van der Waals surface area contributed by atoms with Gasteiger partial charge in [0.25, 0.3) is 10.1 Å². The summed E-state index contributed by atoms with van der Waals surface area (Å²) in [5.74, 6) is 1.01. The predicted molar refractivity (Wildman–Crippen MR) is 103 cm³/mol. The van der Waals surface area contributed by atoms with E-state index in [1.54, 1.807) is 18.2 Å². The van der Waals surface area contributed by atoms with Crippen molar-refractivity contribution in [1.29, 1.82) is 5.26 Å². The molecule has 0 unspecified atom stereocenters. The van der Waals surface area contributed by atoms with Crippen LogP contribution in [0.25, 0.3) is 0 Å². The van der Waals surface area contributed by atoms with Gasteiger partial charge in [-0.2, -0.15) is 13.7 Å². The van der Waals surface area contributed by atoms with Gasteiger partial charge in [-0.1, -0.05) is 12.1 Å². The van der Waals surface area contributed by atoms with Crippen LogP contribution in [0.4, 0.5) is 11.6 Å². The molecule has 0 aliphatic rings. The van der Waals surface area contributed by atoms with Crippen molar-refractivity contribution in [3.05, 3.63) is 47.0 Å². The summed E-state index contributed by atoms with van der Waals surface area (Å²) < 4.78 is 31.0. The molecule has 2 aromatic rings. The summed E-state index contributed by atoms with van der Waals surface area (Å²) in [4.78, 5) is 4.21. The molecule has 1 aromatic heterocycles. The van der Waals surface area contributed by atoms with Crippen LogP contribution >= 0.6 is 0 Å². The molecule has 10 heteroatoms. The van der Waals surface area contributed by atoms with E-state index in [4.69, 9.17) is 9.66 Å². The van der Waals surface area contributed by atoms with Crippen molar-refractivity contribution in [3.63, 3.8) is 0 Å². The van der Waals surface area contributed by atoms with E-state index in [9.17, 15) is 13.7 Å². The van der Waals surface area contributed by atoms with E-state index in [-0.39, 0.29) is 41.1 Å². The van der Waals surface area contributed by atoms with Gasteiger partial charge in [0.1, 0.15) is 17.7 Å². The fourth-order valence-corrected chi connectivity index (χ4v) is 2.85. The van der Waals surface area contributed by atoms with Crippen molar-refractivity contribution in [1.82, 2.24) is 4.98 Å². The summed E-state index contributed by atoms with van der Waals surface area (Å²) in [6, 6.07) is 9.84. The Morgan fingerprint density at radius 2 is 1.85 bits per heavy atom. The second kappa shape index (κ2) is 10.6. The van der Waals surface area contributed by atoms with Crippen molar-refractivity contribution >= 4 is 51.3 Å². The molecule has 0 bridgehead atoms. The number of hydrogen-bond donors (Lipinski definition) is 4. The van der Waals surface area contributed by atoms with Crippen molar-refractivity contribution < 1.29 is 18.1 Å². The third kappa shape index (κ3) is 6.77. The summed E-state index contributed by atoms with van der Waals surface area (Å²) >= 11 is 0. The number of aryl methyl sites for hydroxylation is 1. The van der Waals surface area contributed by atoms with E-state index in [0.29, 0.717) is 36.7 Å². The number of benzene rings is 1. The van der Waals surface area contributed by atoms with Gasteiger partial charge in [-0.05, 0) is 42.7 Å². The standard InChI is InChI=1S/C17H20N4O4S.Na/c1-12-10-16(21-17(15(12)11-18)20-8-9-22)19-7-6-13-2-4-14(5-3-13)26(23,24)25;/h2-5,10,22H,6-9H2,1H3,(H2,19,20,21)(H,23,24,25);. The zero-order valence-corrected chi connectivity index (χ0v) is 18.0. The number of aliphatic hydroxyl groups is 1. The first-order valence-corrected chi connectivity index (χ1v) is 9.36. The van der Waals surface area contributed by atoms with E-state index in [0.717, 1.165) is 11.1 Å². The van der Waals surface area contributed by atoms with Gasteiger partial charge in [0, 0.05) is 42.6 Å². The van der Waals surface area contributed by atoms with Gasteiger partial charge in [0.15, 0.2) is 0 Å². The molecule has 0 atom stereocenters. The average Bonchev–Trinajstić information content (AvgIpc) is 2.59. The fourth-order valence-electron chi connectivity index (χ4n) is 2.37. The zero-order valence-electron chi connectivity index (χ0n) is 15.2. The van der Waals surface area contributed by atoms with Gasteiger partial charge in [-0.3, -0.25) is 4.55 Å². The fraction of sp³-hybridized carbons (Fsp3) is 0.294. The van der Waals surface area contributed by atoms with Crippen molar-refractivity contribution in [2.24, 2.45) is 0 Å². The summed E-state index contributed by atoms with van der Waals surface area (Å²) in [5, 5.41) is 24.2. The molecule has 0 fully saturated rings. The van der Waals surface area contributed by atoms with E-state index in [2.05, 4.69) is 21.7 Å². The molecular formula is C17H20N4NaO4S. The quantitative estimate of drug-likeness (QED) is 0.384. The molecule has 1 aromatic carbocycles. The molecule has 0 amide bonds. The first-order chi connectivity index (χ1) is 12.3. The maximum Gasteiger partial charge on any atom is 0.294 e. The number of aliphatic hydroxyl groups excluding tert-OH is 1. The summed E-state index contributed by atoms with van der Waals surface area (Å²) in [7, 11) is -4.18. The third-order valence-corrected chi connectivity index (χ3v) is 4.54. The van der Waals surface area contributed by atoms with Crippen LogP contribution in [-0.2, 0) is 16.5 Å². The number of nitriles is 1. The second-order valence-electron chi connectivity index (χ2n) is 5.61. The van der Waals surface area contributed by atoms with E-state index in [1.165, 1.54) is 12.1 Å². The van der Waals surface area contributed by atoms with Gasteiger partial charge in [0.05, 0.1) is 17.1 Å². The molecule has 0 aliphatic heterocycles. The van der Waals surface area contributed by atoms with Crippen LogP contribution in [0.2, 0.25) is 0 Å². The molecular weight excluding hydrogens is 379 g/mol. The number of pyridine rings is 1. The second-order valence-corrected chi connectivity index (χ2v) is 7.03. The van der Waals surface area contributed by atoms with Crippen LogP contribution in [0.3, 0.4) is 0 Å². The van der Waals surface area contributed by atoms with E-state index in [1.807, 2.05) is 6.92 Å². The smallest absolute Gasteiger partial charge is 0.294 e. The van der Waals surface area contributed by atoms with Gasteiger partial charge in [-0.25, -0.2) is 4.98 Å².